The van der Waals surface area contributed by atoms with Gasteiger partial charge >= 0.3 is 0 Å². The van der Waals surface area contributed by atoms with Crippen molar-refractivity contribution in [2.75, 3.05) is 26.7 Å². The summed E-state index contributed by atoms with van der Waals surface area (Å²) < 4.78 is 0. The van der Waals surface area contributed by atoms with Crippen LogP contribution in [0.2, 0.25) is 10.0 Å². The summed E-state index contributed by atoms with van der Waals surface area (Å²) in [6, 6.07) is 4.94. The van der Waals surface area contributed by atoms with Crippen molar-refractivity contribution in [3.05, 3.63) is 33.8 Å². The van der Waals surface area contributed by atoms with E-state index in [2.05, 4.69) is 10.6 Å². The Morgan fingerprint density at radius 1 is 1.30 bits per heavy atom. The molecule has 1 atom stereocenters. The number of halogens is 3. The standard InChI is InChI=1S/C15H19Cl2N3O2.ClH/c1-18-11-3-2-6-20(9-11)14(21)8-19-15(22)10-4-5-12(16)13(17)7-10;/h4-5,7,11,18H,2-3,6,8-9H2,1H3,(H,19,22);1H. The topological polar surface area (TPSA) is 61.4 Å². The number of hydrogen-bond donors (Lipinski definition) is 2. The van der Waals surface area contributed by atoms with E-state index in [1.54, 1.807) is 17.0 Å². The van der Waals surface area contributed by atoms with E-state index in [1.807, 2.05) is 7.05 Å². The normalized spacial score (nSPS) is 17.3. The second-order valence-electron chi connectivity index (χ2n) is 5.28. The predicted octanol–water partition coefficient (Wildman–Crippen LogP) is 2.36. The molecule has 2 N–H and O–H groups in total. The third-order valence-corrected chi connectivity index (χ3v) is 4.50. The molecule has 2 rings (SSSR count). The summed E-state index contributed by atoms with van der Waals surface area (Å²) in [5.41, 5.74) is 0.383. The van der Waals surface area contributed by atoms with E-state index in [-0.39, 0.29) is 30.8 Å². The molecule has 0 saturated carbocycles. The Morgan fingerprint density at radius 3 is 2.70 bits per heavy atom. The summed E-state index contributed by atoms with van der Waals surface area (Å²) >= 11 is 11.7. The smallest absolute Gasteiger partial charge is 0.251 e. The van der Waals surface area contributed by atoms with Crippen molar-refractivity contribution >= 4 is 47.4 Å². The van der Waals surface area contributed by atoms with Crippen molar-refractivity contribution in [3.63, 3.8) is 0 Å². The molecule has 0 aliphatic carbocycles. The van der Waals surface area contributed by atoms with E-state index < -0.39 is 0 Å². The average Bonchev–Trinajstić information content (AvgIpc) is 2.54. The first kappa shape index (κ1) is 20.0. The Labute approximate surface area is 152 Å². The first-order valence-corrected chi connectivity index (χ1v) is 7.95. The summed E-state index contributed by atoms with van der Waals surface area (Å²) in [6.45, 7) is 1.40. The average molecular weight is 381 g/mol. The van der Waals surface area contributed by atoms with Crippen LogP contribution in [0.3, 0.4) is 0 Å². The van der Waals surface area contributed by atoms with E-state index in [0.29, 0.717) is 28.2 Å². The lowest BCUT2D eigenvalue weighted by atomic mass is 10.1. The van der Waals surface area contributed by atoms with E-state index in [4.69, 9.17) is 23.2 Å². The van der Waals surface area contributed by atoms with Crippen molar-refractivity contribution in [2.45, 2.75) is 18.9 Å². The van der Waals surface area contributed by atoms with Crippen molar-refractivity contribution in [1.29, 1.82) is 0 Å². The number of hydrogen-bond acceptors (Lipinski definition) is 3. The zero-order valence-corrected chi connectivity index (χ0v) is 15.1. The summed E-state index contributed by atoms with van der Waals surface area (Å²) in [6.07, 6.45) is 2.04. The van der Waals surface area contributed by atoms with E-state index in [1.165, 1.54) is 6.07 Å². The lowest BCUT2D eigenvalue weighted by molar-refractivity contribution is -0.131. The monoisotopic (exact) mass is 379 g/mol. The SMILES string of the molecule is CNC1CCCN(C(=O)CNC(=O)c2ccc(Cl)c(Cl)c2)C1.Cl. The first-order chi connectivity index (χ1) is 10.5. The molecule has 1 aromatic carbocycles. The maximum absolute atomic E-state index is 12.2. The number of likely N-dealkylation sites (N-methyl/N-ethyl adjacent to an activating group) is 1. The van der Waals surface area contributed by atoms with Crippen LogP contribution in [-0.4, -0.2) is 49.4 Å². The molecule has 1 saturated heterocycles. The number of piperidine rings is 1. The van der Waals surface area contributed by atoms with Gasteiger partial charge in [0.25, 0.3) is 5.91 Å². The van der Waals surface area contributed by atoms with Crippen molar-refractivity contribution in [3.8, 4) is 0 Å². The number of nitrogens with one attached hydrogen (secondary N) is 2. The van der Waals surface area contributed by atoms with Crippen LogP contribution in [0.15, 0.2) is 18.2 Å². The Bertz CT molecular complexity index is 569. The minimum absolute atomic E-state index is 0. The number of benzene rings is 1. The second-order valence-corrected chi connectivity index (χ2v) is 6.09. The Hall–Kier alpha value is -1.01. The van der Waals surface area contributed by atoms with Crippen LogP contribution in [0.4, 0.5) is 0 Å². The third-order valence-electron chi connectivity index (χ3n) is 3.76. The highest BCUT2D eigenvalue weighted by Crippen LogP contribution is 2.22. The quantitative estimate of drug-likeness (QED) is 0.843. The Morgan fingerprint density at radius 2 is 2.04 bits per heavy atom. The maximum atomic E-state index is 12.2. The fraction of sp³-hybridized carbons (Fsp3) is 0.467. The molecule has 0 aromatic heterocycles. The molecular weight excluding hydrogens is 361 g/mol. The van der Waals surface area contributed by atoms with Crippen LogP contribution in [0.25, 0.3) is 0 Å². The number of amides is 2. The van der Waals surface area contributed by atoms with Gasteiger partial charge in [-0.2, -0.15) is 0 Å². The number of carbonyl (C=O) groups excluding carboxylic acids is 2. The van der Waals surface area contributed by atoms with Crippen LogP contribution in [0.1, 0.15) is 23.2 Å². The molecule has 8 heteroatoms. The highest BCUT2D eigenvalue weighted by molar-refractivity contribution is 6.42. The van der Waals surface area contributed by atoms with Crippen molar-refractivity contribution in [1.82, 2.24) is 15.5 Å². The van der Waals surface area contributed by atoms with Gasteiger partial charge in [0.2, 0.25) is 5.91 Å². The van der Waals surface area contributed by atoms with E-state index in [9.17, 15) is 9.59 Å². The van der Waals surface area contributed by atoms with Gasteiger partial charge in [0.05, 0.1) is 16.6 Å². The predicted molar refractivity (Wildman–Crippen MR) is 94.7 cm³/mol. The van der Waals surface area contributed by atoms with E-state index >= 15 is 0 Å². The molecule has 1 aromatic rings. The van der Waals surface area contributed by atoms with Crippen LogP contribution in [-0.2, 0) is 4.79 Å². The fourth-order valence-corrected chi connectivity index (χ4v) is 2.74. The highest BCUT2D eigenvalue weighted by atomic mass is 35.5. The molecule has 1 heterocycles. The molecule has 1 unspecified atom stereocenters. The second kappa shape index (κ2) is 9.33. The molecule has 5 nitrogen and oxygen atoms in total. The fourth-order valence-electron chi connectivity index (χ4n) is 2.45. The Kier molecular flexibility index (Phi) is 8.12. The number of likely N-dealkylation sites (tertiary alicyclic amines) is 1. The summed E-state index contributed by atoms with van der Waals surface area (Å²) in [7, 11) is 1.89. The number of rotatable bonds is 4. The van der Waals surface area contributed by atoms with Gasteiger partial charge in [-0.3, -0.25) is 9.59 Å². The molecule has 1 aliphatic heterocycles. The zero-order valence-electron chi connectivity index (χ0n) is 12.8. The minimum Gasteiger partial charge on any atom is -0.343 e. The van der Waals surface area contributed by atoms with Gasteiger partial charge in [-0.05, 0) is 38.1 Å². The maximum Gasteiger partial charge on any atom is 0.251 e. The molecular formula is C15H20Cl3N3O2. The molecule has 1 fully saturated rings. The zero-order chi connectivity index (χ0) is 16.1. The molecule has 128 valence electrons. The first-order valence-electron chi connectivity index (χ1n) is 7.19. The van der Waals surface area contributed by atoms with Gasteiger partial charge in [-0.25, -0.2) is 0 Å². The highest BCUT2D eigenvalue weighted by Gasteiger charge is 2.22. The van der Waals surface area contributed by atoms with Gasteiger partial charge in [-0.15, -0.1) is 12.4 Å². The molecule has 23 heavy (non-hydrogen) atoms. The Balaban J connectivity index is 0.00000264. The van der Waals surface area contributed by atoms with Crippen LogP contribution in [0.5, 0.6) is 0 Å². The number of nitrogens with zero attached hydrogens (tertiary/aromatic N) is 1. The van der Waals surface area contributed by atoms with Crippen molar-refractivity contribution in [2.24, 2.45) is 0 Å². The third kappa shape index (κ3) is 5.53. The molecule has 2 amide bonds. The number of carbonyl (C=O) groups is 2. The van der Waals surface area contributed by atoms with Crippen LogP contribution >= 0.6 is 35.6 Å². The van der Waals surface area contributed by atoms with Gasteiger partial charge in [-0.1, -0.05) is 23.2 Å². The lowest BCUT2D eigenvalue weighted by Gasteiger charge is -2.32. The summed E-state index contributed by atoms with van der Waals surface area (Å²) in [5.74, 6) is -0.414. The van der Waals surface area contributed by atoms with Crippen LogP contribution < -0.4 is 10.6 Å². The molecule has 0 spiro atoms. The molecule has 0 bridgehead atoms. The summed E-state index contributed by atoms with van der Waals surface area (Å²) in [4.78, 5) is 26.0. The van der Waals surface area contributed by atoms with Crippen LogP contribution in [0, 0.1) is 0 Å². The lowest BCUT2D eigenvalue weighted by Crippen LogP contribution is -2.49. The van der Waals surface area contributed by atoms with Crippen molar-refractivity contribution < 1.29 is 9.59 Å². The van der Waals surface area contributed by atoms with Gasteiger partial charge in [0.15, 0.2) is 0 Å². The summed E-state index contributed by atoms with van der Waals surface area (Å²) in [5, 5.41) is 6.51. The van der Waals surface area contributed by atoms with E-state index in [0.717, 1.165) is 19.4 Å². The van der Waals surface area contributed by atoms with Gasteiger partial charge in [0.1, 0.15) is 0 Å². The largest absolute Gasteiger partial charge is 0.343 e. The minimum atomic E-state index is -0.339. The molecule has 0 radical (unpaired) electrons. The van der Waals surface area contributed by atoms with Gasteiger partial charge < -0.3 is 15.5 Å². The van der Waals surface area contributed by atoms with Gasteiger partial charge in [0, 0.05) is 24.7 Å². The molecule has 1 aliphatic rings.